The molecule has 0 atom stereocenters. The summed E-state index contributed by atoms with van der Waals surface area (Å²) in [4.78, 5) is 13.5. The number of aromatic hydroxyl groups is 1. The van der Waals surface area contributed by atoms with Crippen LogP contribution in [0.3, 0.4) is 0 Å². The van der Waals surface area contributed by atoms with Crippen LogP contribution < -0.4 is 4.74 Å². The Morgan fingerprint density at radius 3 is 2.56 bits per heavy atom. The lowest BCUT2D eigenvalue weighted by Crippen LogP contribution is -2.18. The molecule has 0 saturated heterocycles. The Kier molecular flexibility index (Phi) is 3.31. The normalized spacial score (nSPS) is 11.2. The molecule has 1 rings (SSSR count). The van der Waals surface area contributed by atoms with Crippen molar-refractivity contribution >= 4 is 6.29 Å². The highest BCUT2D eigenvalue weighted by molar-refractivity contribution is 5.77. The fraction of sp³-hybridized carbons (Fsp3) is 0.250. The first-order chi connectivity index (χ1) is 7.39. The molecule has 0 radical (unpaired) electrons. The van der Waals surface area contributed by atoms with Gasteiger partial charge in [-0.15, -0.1) is 13.2 Å². The fourth-order valence-corrected chi connectivity index (χ4v) is 0.967. The number of carbonyl (C=O) groups excluding carboxylic acids is 1. The summed E-state index contributed by atoms with van der Waals surface area (Å²) in [6.07, 6.45) is -4.42. The number of aldehydes is 1. The summed E-state index contributed by atoms with van der Waals surface area (Å²) >= 11 is 0. The fourth-order valence-electron chi connectivity index (χ4n) is 0.967. The Balaban J connectivity index is 3.21. The first-order valence-electron chi connectivity index (χ1n) is 3.86. The zero-order chi connectivity index (χ0) is 12.3. The highest BCUT2D eigenvalue weighted by Gasteiger charge is 2.33. The van der Waals surface area contributed by atoms with Crippen LogP contribution >= 0.6 is 0 Å². The van der Waals surface area contributed by atoms with Crippen molar-refractivity contribution in [3.63, 3.8) is 0 Å². The molecular formula is C8H5F4NO3. The maximum atomic E-state index is 12.4. The summed E-state index contributed by atoms with van der Waals surface area (Å²) in [5.74, 6) is -1.93. The standard InChI is InChI=1S/C8H5F4NO3/c9-1-4-6(16-8(10,11)12)2-13-5(3-14)7(4)15/h2-3,15H,1H2. The molecule has 0 aromatic carbocycles. The smallest absolute Gasteiger partial charge is 0.505 e. The summed E-state index contributed by atoms with van der Waals surface area (Å²) < 4.78 is 51.4. The van der Waals surface area contributed by atoms with E-state index in [9.17, 15) is 27.5 Å². The SMILES string of the molecule is O=Cc1ncc(OC(F)(F)F)c(CF)c1O. The monoisotopic (exact) mass is 239 g/mol. The minimum Gasteiger partial charge on any atom is -0.505 e. The van der Waals surface area contributed by atoms with Crippen molar-refractivity contribution in [2.24, 2.45) is 0 Å². The van der Waals surface area contributed by atoms with E-state index < -0.39 is 35.8 Å². The predicted molar refractivity (Wildman–Crippen MR) is 42.8 cm³/mol. The lowest BCUT2D eigenvalue weighted by Gasteiger charge is -2.12. The summed E-state index contributed by atoms with van der Waals surface area (Å²) in [6, 6.07) is 0. The Hall–Kier alpha value is -1.86. The Bertz CT molecular complexity index is 405. The first-order valence-corrected chi connectivity index (χ1v) is 3.86. The topological polar surface area (TPSA) is 59.4 Å². The van der Waals surface area contributed by atoms with E-state index in [0.29, 0.717) is 6.20 Å². The van der Waals surface area contributed by atoms with Crippen molar-refractivity contribution in [3.05, 3.63) is 17.5 Å². The minimum absolute atomic E-state index is 0.0891. The van der Waals surface area contributed by atoms with Crippen molar-refractivity contribution in [3.8, 4) is 11.5 Å². The lowest BCUT2D eigenvalue weighted by atomic mass is 10.2. The van der Waals surface area contributed by atoms with E-state index in [0.717, 1.165) is 0 Å². The number of aromatic nitrogens is 1. The van der Waals surface area contributed by atoms with E-state index in [1.165, 1.54) is 0 Å². The number of halogens is 4. The van der Waals surface area contributed by atoms with E-state index in [2.05, 4.69) is 9.72 Å². The molecule has 1 aromatic rings. The second-order valence-corrected chi connectivity index (χ2v) is 2.63. The Morgan fingerprint density at radius 2 is 2.12 bits per heavy atom. The molecule has 16 heavy (non-hydrogen) atoms. The van der Waals surface area contributed by atoms with Gasteiger partial charge >= 0.3 is 6.36 Å². The molecule has 0 aliphatic carbocycles. The molecule has 88 valence electrons. The maximum absolute atomic E-state index is 12.4. The first kappa shape index (κ1) is 12.2. The van der Waals surface area contributed by atoms with E-state index in [1.54, 1.807) is 0 Å². The number of hydrogen-bond donors (Lipinski definition) is 1. The van der Waals surface area contributed by atoms with Crippen LogP contribution in [0.15, 0.2) is 6.20 Å². The molecule has 0 amide bonds. The van der Waals surface area contributed by atoms with Crippen LogP contribution in [0.2, 0.25) is 0 Å². The molecule has 1 heterocycles. The second-order valence-electron chi connectivity index (χ2n) is 2.63. The molecule has 0 bridgehead atoms. The van der Waals surface area contributed by atoms with Crippen molar-refractivity contribution in [1.29, 1.82) is 0 Å². The quantitative estimate of drug-likeness (QED) is 0.647. The van der Waals surface area contributed by atoms with Crippen molar-refractivity contribution < 1.29 is 32.2 Å². The zero-order valence-electron chi connectivity index (χ0n) is 7.58. The van der Waals surface area contributed by atoms with Crippen LogP contribution in [-0.4, -0.2) is 22.7 Å². The number of pyridine rings is 1. The van der Waals surface area contributed by atoms with Crippen LogP contribution in [0, 0.1) is 0 Å². The third-order valence-corrected chi connectivity index (χ3v) is 1.62. The van der Waals surface area contributed by atoms with Gasteiger partial charge in [0.15, 0.2) is 17.8 Å². The number of alkyl halides is 4. The number of rotatable bonds is 3. The minimum atomic E-state index is -5.03. The van der Waals surface area contributed by atoms with Crippen molar-refractivity contribution in [1.82, 2.24) is 4.98 Å². The largest absolute Gasteiger partial charge is 0.573 e. The number of ether oxygens (including phenoxy) is 1. The highest BCUT2D eigenvalue weighted by atomic mass is 19.4. The van der Waals surface area contributed by atoms with Crippen LogP contribution in [0.5, 0.6) is 11.5 Å². The summed E-state index contributed by atoms with van der Waals surface area (Å²) in [5, 5.41) is 9.19. The molecule has 0 unspecified atom stereocenters. The average Bonchev–Trinajstić information content (AvgIpc) is 2.16. The molecule has 0 aliphatic heterocycles. The van der Waals surface area contributed by atoms with Crippen molar-refractivity contribution in [2.75, 3.05) is 0 Å². The molecule has 8 heteroatoms. The average molecular weight is 239 g/mol. The highest BCUT2D eigenvalue weighted by Crippen LogP contribution is 2.33. The van der Waals surface area contributed by atoms with E-state index in [4.69, 9.17) is 0 Å². The number of nitrogens with zero attached hydrogens (tertiary/aromatic N) is 1. The molecule has 1 N–H and O–H groups in total. The third kappa shape index (κ3) is 2.59. The van der Waals surface area contributed by atoms with Gasteiger partial charge in [0.2, 0.25) is 0 Å². The van der Waals surface area contributed by atoms with Crippen molar-refractivity contribution in [2.45, 2.75) is 13.0 Å². The summed E-state index contributed by atoms with van der Waals surface area (Å²) in [5.41, 5.74) is -1.32. The predicted octanol–water partition coefficient (Wildman–Crippen LogP) is 1.97. The summed E-state index contributed by atoms with van der Waals surface area (Å²) in [6.45, 7) is -1.42. The zero-order valence-corrected chi connectivity index (χ0v) is 7.58. The molecule has 4 nitrogen and oxygen atoms in total. The number of carbonyl (C=O) groups is 1. The van der Waals surface area contributed by atoms with Gasteiger partial charge in [0.05, 0.1) is 11.8 Å². The molecule has 0 aliphatic rings. The molecular weight excluding hydrogens is 234 g/mol. The van der Waals surface area contributed by atoms with Gasteiger partial charge in [-0.05, 0) is 0 Å². The molecule has 1 aromatic heterocycles. The van der Waals surface area contributed by atoms with E-state index in [-0.39, 0.29) is 6.29 Å². The molecule has 0 saturated carbocycles. The Labute approximate surface area is 86.5 Å². The van der Waals surface area contributed by atoms with Crippen LogP contribution in [-0.2, 0) is 6.67 Å². The van der Waals surface area contributed by atoms with Gasteiger partial charge in [-0.1, -0.05) is 0 Å². The lowest BCUT2D eigenvalue weighted by molar-refractivity contribution is -0.275. The van der Waals surface area contributed by atoms with Crippen LogP contribution in [0.1, 0.15) is 16.1 Å². The van der Waals surface area contributed by atoms with Crippen LogP contribution in [0.25, 0.3) is 0 Å². The van der Waals surface area contributed by atoms with Gasteiger partial charge in [-0.2, -0.15) is 0 Å². The second kappa shape index (κ2) is 4.33. The van der Waals surface area contributed by atoms with Gasteiger partial charge in [0.1, 0.15) is 12.4 Å². The number of hydrogen-bond acceptors (Lipinski definition) is 4. The van der Waals surface area contributed by atoms with E-state index >= 15 is 0 Å². The van der Waals surface area contributed by atoms with Gasteiger partial charge in [0.25, 0.3) is 0 Å². The third-order valence-electron chi connectivity index (χ3n) is 1.62. The van der Waals surface area contributed by atoms with Crippen LogP contribution in [0.4, 0.5) is 17.6 Å². The van der Waals surface area contributed by atoms with Gasteiger partial charge in [-0.25, -0.2) is 9.37 Å². The van der Waals surface area contributed by atoms with Gasteiger partial charge < -0.3 is 9.84 Å². The van der Waals surface area contributed by atoms with Gasteiger partial charge in [-0.3, -0.25) is 4.79 Å². The molecule has 0 spiro atoms. The van der Waals surface area contributed by atoms with E-state index in [1.807, 2.05) is 0 Å². The van der Waals surface area contributed by atoms with Gasteiger partial charge in [0, 0.05) is 0 Å². The summed E-state index contributed by atoms with van der Waals surface area (Å²) in [7, 11) is 0. The molecule has 0 fully saturated rings. The maximum Gasteiger partial charge on any atom is 0.573 e. The Morgan fingerprint density at radius 1 is 1.50 bits per heavy atom.